The molecule has 4 heteroatoms. The number of thiophene rings is 1. The molecule has 2 aliphatic carbocycles. The maximum Gasteiger partial charge on any atom is 0.137 e. The van der Waals surface area contributed by atoms with Gasteiger partial charge in [0, 0.05) is 59.3 Å². The summed E-state index contributed by atoms with van der Waals surface area (Å²) in [6.45, 7) is 4.74. The molecule has 3 nitrogen and oxygen atoms in total. The molecule has 0 bridgehead atoms. The zero-order valence-corrected chi connectivity index (χ0v) is 41.8. The summed E-state index contributed by atoms with van der Waals surface area (Å²) in [6, 6.07) is 94.2. The van der Waals surface area contributed by atoms with Crippen LogP contribution < -0.4 is 9.80 Å². The minimum absolute atomic E-state index is 0.178. The van der Waals surface area contributed by atoms with Crippen molar-refractivity contribution in [2.45, 2.75) is 24.7 Å². The van der Waals surface area contributed by atoms with Gasteiger partial charge in [0.05, 0.1) is 22.2 Å². The molecule has 0 saturated carbocycles. The molecule has 0 atom stereocenters. The topological polar surface area (TPSA) is 19.6 Å². The van der Waals surface area contributed by atoms with E-state index in [9.17, 15) is 0 Å². The van der Waals surface area contributed by atoms with Gasteiger partial charge in [-0.15, -0.1) is 11.3 Å². The second-order valence-electron chi connectivity index (χ2n) is 20.3. The Morgan fingerprint density at radius 1 is 0.351 bits per heavy atom. The fourth-order valence-electron chi connectivity index (χ4n) is 12.9. The van der Waals surface area contributed by atoms with E-state index in [-0.39, 0.29) is 5.41 Å². The van der Waals surface area contributed by atoms with Crippen LogP contribution in [0.5, 0.6) is 0 Å². The highest BCUT2D eigenvalue weighted by atomic mass is 32.1. The number of hydrogen-bond acceptors (Lipinski definition) is 4. The molecular formula is C70H48N2OS. The summed E-state index contributed by atoms with van der Waals surface area (Å²) in [5.41, 5.74) is 20.0. The molecule has 0 fully saturated rings. The Bertz CT molecular complexity index is 4330. The first-order valence-corrected chi connectivity index (χ1v) is 26.4. The molecule has 0 N–H and O–H groups in total. The van der Waals surface area contributed by atoms with Gasteiger partial charge >= 0.3 is 0 Å². The Labute approximate surface area is 434 Å². The van der Waals surface area contributed by atoms with Crippen LogP contribution >= 0.6 is 11.3 Å². The second kappa shape index (κ2) is 16.3. The van der Waals surface area contributed by atoms with Gasteiger partial charge in [0.15, 0.2) is 0 Å². The van der Waals surface area contributed by atoms with E-state index in [0.717, 1.165) is 56.1 Å². The van der Waals surface area contributed by atoms with Gasteiger partial charge in [0.2, 0.25) is 0 Å². The summed E-state index contributed by atoms with van der Waals surface area (Å²) in [5, 5.41) is 4.71. The van der Waals surface area contributed by atoms with Crippen LogP contribution in [-0.2, 0) is 10.8 Å². The van der Waals surface area contributed by atoms with Crippen LogP contribution in [0.1, 0.15) is 47.2 Å². The maximum absolute atomic E-state index is 6.72. The van der Waals surface area contributed by atoms with Gasteiger partial charge in [-0.05, 0) is 123 Å². The lowest BCUT2D eigenvalue weighted by Gasteiger charge is -2.38. The number of hydrogen-bond donors (Lipinski definition) is 0. The van der Waals surface area contributed by atoms with Crippen molar-refractivity contribution in [3.05, 3.63) is 288 Å². The molecule has 0 unspecified atom stereocenters. The van der Waals surface area contributed by atoms with E-state index >= 15 is 0 Å². The molecule has 15 rings (SSSR count). The van der Waals surface area contributed by atoms with Gasteiger partial charge in [0.25, 0.3) is 0 Å². The number of para-hydroxylation sites is 1. The first kappa shape index (κ1) is 42.7. The maximum atomic E-state index is 6.72. The summed E-state index contributed by atoms with van der Waals surface area (Å²) < 4.78 is 9.27. The first-order valence-electron chi connectivity index (χ1n) is 25.6. The Balaban J connectivity index is 1.01. The number of anilines is 6. The van der Waals surface area contributed by atoms with Crippen molar-refractivity contribution >= 4 is 87.6 Å². The summed E-state index contributed by atoms with van der Waals surface area (Å²) in [5.74, 6) is 0. The molecule has 2 aliphatic rings. The first-order chi connectivity index (χ1) is 36.5. The molecule has 0 saturated heterocycles. The van der Waals surface area contributed by atoms with Gasteiger partial charge in [-0.25, -0.2) is 0 Å². The number of fused-ring (bicyclic) bond motifs is 12. The van der Waals surface area contributed by atoms with Crippen LogP contribution in [0.2, 0.25) is 0 Å². The van der Waals surface area contributed by atoms with Crippen LogP contribution in [0, 0.1) is 0 Å². The van der Waals surface area contributed by atoms with Crippen molar-refractivity contribution in [3.8, 4) is 22.3 Å². The van der Waals surface area contributed by atoms with Gasteiger partial charge in [0.1, 0.15) is 11.2 Å². The second-order valence-corrected chi connectivity index (χ2v) is 21.4. The molecule has 2 aromatic heterocycles. The molecule has 0 aliphatic heterocycles. The molecule has 13 aromatic rings. The van der Waals surface area contributed by atoms with Gasteiger partial charge in [-0.2, -0.15) is 0 Å². The van der Waals surface area contributed by atoms with Crippen LogP contribution in [0.25, 0.3) is 64.4 Å². The molecule has 11 aromatic carbocycles. The lowest BCUT2D eigenvalue weighted by atomic mass is 9.67. The van der Waals surface area contributed by atoms with Crippen molar-refractivity contribution in [1.29, 1.82) is 0 Å². The zero-order chi connectivity index (χ0) is 49.1. The van der Waals surface area contributed by atoms with Crippen molar-refractivity contribution in [2.24, 2.45) is 0 Å². The average Bonchev–Trinajstić information content (AvgIpc) is 4.18. The van der Waals surface area contributed by atoms with Crippen LogP contribution in [0.15, 0.2) is 259 Å². The van der Waals surface area contributed by atoms with Gasteiger partial charge in [-0.1, -0.05) is 196 Å². The largest absolute Gasteiger partial charge is 0.456 e. The van der Waals surface area contributed by atoms with E-state index in [1.807, 2.05) is 11.3 Å². The Hall–Kier alpha value is -8.96. The van der Waals surface area contributed by atoms with Crippen molar-refractivity contribution in [3.63, 3.8) is 0 Å². The Kier molecular flexibility index (Phi) is 9.39. The van der Waals surface area contributed by atoms with E-state index in [2.05, 4.69) is 278 Å². The van der Waals surface area contributed by atoms with E-state index in [1.165, 1.54) is 75.8 Å². The predicted octanol–water partition coefficient (Wildman–Crippen LogP) is 19.6. The quantitative estimate of drug-likeness (QED) is 0.151. The molecule has 0 spiro atoms. The molecule has 350 valence electrons. The smallest absolute Gasteiger partial charge is 0.137 e. The Morgan fingerprint density at radius 3 is 1.69 bits per heavy atom. The normalized spacial score (nSPS) is 13.8. The highest BCUT2D eigenvalue weighted by molar-refractivity contribution is 7.25. The third-order valence-electron chi connectivity index (χ3n) is 16.1. The lowest BCUT2D eigenvalue weighted by molar-refractivity contribution is 0.660. The monoisotopic (exact) mass is 964 g/mol. The molecule has 74 heavy (non-hydrogen) atoms. The minimum atomic E-state index is -0.659. The standard InChI is InChI=1S/C70H48N2OS/c1-69(2)58-31-13-9-26-51(58)53-40-38-49(43-60(53)69)71(50-39-41-55-54-28-12-16-37-65(54)74-66(55)44-50)47-24-17-25-48(42-47)72(61-33-19-36-64-67(61)57-29-11-15-35-63(57)73-64)62-34-18-30-56-52-27-10-14-32-59(52)70(68(56)62,45-20-5-3-6-21-45)46-22-7-4-8-23-46/h3-44H,1-2H3. The highest BCUT2D eigenvalue weighted by Crippen LogP contribution is 2.61. The number of nitrogens with zero attached hydrogens (tertiary/aromatic N) is 2. The zero-order valence-electron chi connectivity index (χ0n) is 41.0. The van der Waals surface area contributed by atoms with E-state index in [0.29, 0.717) is 0 Å². The Morgan fingerprint density at radius 2 is 0.892 bits per heavy atom. The van der Waals surface area contributed by atoms with Gasteiger partial charge in [-0.3, -0.25) is 0 Å². The van der Waals surface area contributed by atoms with Crippen LogP contribution in [0.3, 0.4) is 0 Å². The number of benzene rings is 11. The summed E-state index contributed by atoms with van der Waals surface area (Å²) >= 11 is 1.86. The van der Waals surface area contributed by atoms with Gasteiger partial charge < -0.3 is 14.2 Å². The third kappa shape index (κ3) is 6.12. The minimum Gasteiger partial charge on any atom is -0.456 e. The van der Waals surface area contributed by atoms with E-state index in [1.54, 1.807) is 0 Å². The SMILES string of the molecule is CC1(C)c2ccccc2-c2ccc(N(c3cccc(N(c4cccc5c4C(c4ccccc4)(c4ccccc4)c4ccccc4-5)c4cccc5oc6ccccc6c45)c3)c3ccc4c(c3)sc3ccccc34)cc21. The number of furan rings is 1. The van der Waals surface area contributed by atoms with Crippen molar-refractivity contribution < 1.29 is 4.42 Å². The number of rotatable bonds is 8. The van der Waals surface area contributed by atoms with Crippen LogP contribution in [0.4, 0.5) is 34.1 Å². The molecule has 0 amide bonds. The van der Waals surface area contributed by atoms with Crippen molar-refractivity contribution in [2.75, 3.05) is 9.80 Å². The molecule has 2 heterocycles. The fourth-order valence-corrected chi connectivity index (χ4v) is 14.1. The van der Waals surface area contributed by atoms with E-state index in [4.69, 9.17) is 4.42 Å². The average molecular weight is 965 g/mol. The molecular weight excluding hydrogens is 917 g/mol. The predicted molar refractivity (Wildman–Crippen MR) is 311 cm³/mol. The molecule has 0 radical (unpaired) electrons. The summed E-state index contributed by atoms with van der Waals surface area (Å²) in [7, 11) is 0. The summed E-state index contributed by atoms with van der Waals surface area (Å²) in [4.78, 5) is 5.00. The van der Waals surface area contributed by atoms with Crippen LogP contribution in [-0.4, -0.2) is 0 Å². The summed E-state index contributed by atoms with van der Waals surface area (Å²) in [6.07, 6.45) is 0. The fraction of sp³-hybridized carbons (Fsp3) is 0.0571. The highest BCUT2D eigenvalue weighted by Gasteiger charge is 2.48. The van der Waals surface area contributed by atoms with Crippen molar-refractivity contribution in [1.82, 2.24) is 0 Å². The third-order valence-corrected chi connectivity index (χ3v) is 17.2. The van der Waals surface area contributed by atoms with E-state index < -0.39 is 5.41 Å². The lowest BCUT2D eigenvalue weighted by Crippen LogP contribution is -2.30.